The van der Waals surface area contributed by atoms with Crippen molar-refractivity contribution in [3.63, 3.8) is 0 Å². The molecular formula is C21H19ClN2O4S. The van der Waals surface area contributed by atoms with Crippen LogP contribution in [0.15, 0.2) is 48.8 Å². The van der Waals surface area contributed by atoms with E-state index in [9.17, 15) is 9.90 Å². The maximum absolute atomic E-state index is 11.6. The van der Waals surface area contributed by atoms with Gasteiger partial charge in [-0.25, -0.2) is 4.98 Å². The molecule has 0 spiro atoms. The number of methoxy groups -OCH3 is 2. The smallest absolute Gasteiger partial charge is 0.304 e. The van der Waals surface area contributed by atoms with Gasteiger partial charge in [0.05, 0.1) is 36.8 Å². The molecule has 1 N–H and O–H groups in total. The Labute approximate surface area is 177 Å². The zero-order valence-corrected chi connectivity index (χ0v) is 17.4. The normalized spacial score (nSPS) is 17.8. The lowest BCUT2D eigenvalue weighted by Crippen LogP contribution is -2.08. The second-order valence-corrected chi connectivity index (χ2v) is 8.29. The number of thioether (sulfide) groups is 1. The maximum Gasteiger partial charge on any atom is 0.304 e. The average molecular weight is 431 g/mol. The minimum atomic E-state index is -0.877. The standard InChI is InChI=1S/C21H19ClN2O4S/c1-27-16-5-3-4-13(19(16)28-2)20-14-10-12(22)6-7-15(14)24-9-8-23-21(24)17(29-20)11-18(25)26/h3-10,17,20H,11H2,1-2H3,(H,25,26)/t17-,20-/m1/s1. The first kappa shape index (κ1) is 19.7. The molecule has 2 aromatic carbocycles. The molecule has 1 aromatic heterocycles. The summed E-state index contributed by atoms with van der Waals surface area (Å²) >= 11 is 7.88. The van der Waals surface area contributed by atoms with E-state index in [2.05, 4.69) is 4.98 Å². The fraction of sp³-hybridized carbons (Fsp3) is 0.238. The Bertz CT molecular complexity index is 1070. The van der Waals surface area contributed by atoms with E-state index in [0.29, 0.717) is 22.3 Å². The molecule has 0 saturated heterocycles. The molecule has 6 nitrogen and oxygen atoms in total. The van der Waals surface area contributed by atoms with Gasteiger partial charge < -0.3 is 19.1 Å². The van der Waals surface area contributed by atoms with Crippen LogP contribution in [0.1, 0.15) is 33.9 Å². The topological polar surface area (TPSA) is 73.6 Å². The van der Waals surface area contributed by atoms with Gasteiger partial charge >= 0.3 is 5.97 Å². The van der Waals surface area contributed by atoms with Gasteiger partial charge in [-0.2, -0.15) is 0 Å². The van der Waals surface area contributed by atoms with Gasteiger partial charge in [-0.3, -0.25) is 4.79 Å². The molecule has 0 bridgehead atoms. The van der Waals surface area contributed by atoms with Crippen LogP contribution in [0.5, 0.6) is 11.5 Å². The number of benzene rings is 2. The van der Waals surface area contributed by atoms with E-state index in [1.165, 1.54) is 11.8 Å². The summed E-state index contributed by atoms with van der Waals surface area (Å²) in [6.45, 7) is 0. The van der Waals surface area contributed by atoms with Crippen LogP contribution in [0.3, 0.4) is 0 Å². The molecule has 0 amide bonds. The Balaban J connectivity index is 1.96. The number of rotatable bonds is 5. The largest absolute Gasteiger partial charge is 0.493 e. The number of nitrogens with zero attached hydrogens (tertiary/aromatic N) is 2. The minimum Gasteiger partial charge on any atom is -0.493 e. The SMILES string of the molecule is COc1cccc([C@H]2S[C@H](CC(=O)O)c3nccn3-c3ccc(Cl)cc32)c1OC. The lowest BCUT2D eigenvalue weighted by Gasteiger charge is -2.23. The summed E-state index contributed by atoms with van der Waals surface area (Å²) in [5.41, 5.74) is 2.76. The summed E-state index contributed by atoms with van der Waals surface area (Å²) in [5, 5.41) is 9.54. The van der Waals surface area contributed by atoms with Crippen LogP contribution >= 0.6 is 23.4 Å². The molecule has 29 heavy (non-hydrogen) atoms. The van der Waals surface area contributed by atoms with Crippen molar-refractivity contribution in [1.82, 2.24) is 9.55 Å². The van der Waals surface area contributed by atoms with Crippen LogP contribution < -0.4 is 9.47 Å². The van der Waals surface area contributed by atoms with Gasteiger partial charge in [0.1, 0.15) is 5.82 Å². The molecule has 1 aliphatic rings. The molecule has 3 aromatic rings. The molecule has 150 valence electrons. The summed E-state index contributed by atoms with van der Waals surface area (Å²) in [6, 6.07) is 11.4. The zero-order valence-electron chi connectivity index (χ0n) is 15.8. The molecule has 2 atom stereocenters. The zero-order chi connectivity index (χ0) is 20.5. The summed E-state index contributed by atoms with van der Waals surface area (Å²) in [6.07, 6.45) is 3.49. The number of fused-ring (bicyclic) bond motifs is 3. The Kier molecular flexibility index (Phi) is 5.43. The van der Waals surface area contributed by atoms with Crippen molar-refractivity contribution < 1.29 is 19.4 Å². The fourth-order valence-electron chi connectivity index (χ4n) is 3.67. The molecule has 0 aliphatic carbocycles. The van der Waals surface area contributed by atoms with Crippen LogP contribution in [-0.2, 0) is 4.79 Å². The number of halogens is 1. The number of carboxylic acids is 1. The molecule has 0 fully saturated rings. The number of para-hydroxylation sites is 1. The summed E-state index contributed by atoms with van der Waals surface area (Å²) in [5.74, 6) is 1.06. The van der Waals surface area contributed by atoms with Crippen molar-refractivity contribution >= 4 is 29.3 Å². The third kappa shape index (κ3) is 3.56. The van der Waals surface area contributed by atoms with E-state index < -0.39 is 5.97 Å². The highest BCUT2D eigenvalue weighted by Crippen LogP contribution is 2.53. The van der Waals surface area contributed by atoms with Crippen molar-refractivity contribution in [2.45, 2.75) is 16.9 Å². The van der Waals surface area contributed by atoms with Crippen molar-refractivity contribution in [1.29, 1.82) is 0 Å². The first-order chi connectivity index (χ1) is 14.0. The highest BCUT2D eigenvalue weighted by Gasteiger charge is 2.34. The third-order valence-corrected chi connectivity index (χ3v) is 6.59. The minimum absolute atomic E-state index is 0.0494. The number of hydrogen-bond donors (Lipinski definition) is 1. The van der Waals surface area contributed by atoms with Crippen molar-refractivity contribution in [2.75, 3.05) is 14.2 Å². The first-order valence-electron chi connectivity index (χ1n) is 8.94. The Morgan fingerprint density at radius 1 is 1.24 bits per heavy atom. The molecular weight excluding hydrogens is 412 g/mol. The predicted octanol–water partition coefficient (Wildman–Crippen LogP) is 4.89. The highest BCUT2D eigenvalue weighted by atomic mass is 35.5. The molecule has 8 heteroatoms. The van der Waals surface area contributed by atoms with Crippen LogP contribution in [0, 0.1) is 0 Å². The first-order valence-corrected chi connectivity index (χ1v) is 10.3. The maximum atomic E-state index is 11.6. The number of imidazole rings is 1. The number of aliphatic carboxylic acids is 1. The quantitative estimate of drug-likeness (QED) is 0.621. The molecule has 0 radical (unpaired) electrons. The van der Waals surface area contributed by atoms with E-state index in [1.54, 1.807) is 20.4 Å². The predicted molar refractivity (Wildman–Crippen MR) is 113 cm³/mol. The number of aromatic nitrogens is 2. The van der Waals surface area contributed by atoms with Gasteiger partial charge in [0.25, 0.3) is 0 Å². The van der Waals surface area contributed by atoms with Gasteiger partial charge in [0.2, 0.25) is 0 Å². The van der Waals surface area contributed by atoms with Crippen molar-refractivity contribution in [3.05, 3.63) is 70.8 Å². The van der Waals surface area contributed by atoms with Gasteiger partial charge in [0, 0.05) is 23.0 Å². The average Bonchev–Trinajstić information content (AvgIpc) is 3.15. The number of hydrogen-bond acceptors (Lipinski definition) is 5. The van der Waals surface area contributed by atoms with E-state index in [0.717, 1.165) is 16.8 Å². The van der Waals surface area contributed by atoms with Gasteiger partial charge in [-0.1, -0.05) is 23.7 Å². The summed E-state index contributed by atoms with van der Waals surface area (Å²) < 4.78 is 13.1. The number of ether oxygens (including phenoxy) is 2. The van der Waals surface area contributed by atoms with Gasteiger partial charge in [0.15, 0.2) is 11.5 Å². The molecule has 0 unspecified atom stereocenters. The van der Waals surface area contributed by atoms with Crippen LogP contribution in [0.4, 0.5) is 0 Å². The van der Waals surface area contributed by atoms with Gasteiger partial charge in [-0.05, 0) is 29.8 Å². The Hall–Kier alpha value is -2.64. The van der Waals surface area contributed by atoms with Crippen molar-refractivity contribution in [2.24, 2.45) is 0 Å². The number of carbonyl (C=O) groups is 1. The Morgan fingerprint density at radius 2 is 2.07 bits per heavy atom. The molecule has 4 rings (SSSR count). The van der Waals surface area contributed by atoms with Crippen LogP contribution in [0.2, 0.25) is 5.02 Å². The van der Waals surface area contributed by atoms with Crippen LogP contribution in [0.25, 0.3) is 5.69 Å². The molecule has 0 saturated carbocycles. The lowest BCUT2D eigenvalue weighted by atomic mass is 10.0. The summed E-state index contributed by atoms with van der Waals surface area (Å²) in [7, 11) is 3.19. The summed E-state index contributed by atoms with van der Waals surface area (Å²) in [4.78, 5) is 16.1. The Morgan fingerprint density at radius 3 is 2.79 bits per heavy atom. The lowest BCUT2D eigenvalue weighted by molar-refractivity contribution is -0.137. The number of carboxylic acid groups (broad SMARTS) is 1. The highest BCUT2D eigenvalue weighted by molar-refractivity contribution is 8.00. The fourth-order valence-corrected chi connectivity index (χ4v) is 5.38. The van der Waals surface area contributed by atoms with Gasteiger partial charge in [-0.15, -0.1) is 11.8 Å². The second kappa shape index (κ2) is 8.00. The molecule has 1 aliphatic heterocycles. The van der Waals surface area contributed by atoms with Crippen LogP contribution in [-0.4, -0.2) is 34.8 Å². The van der Waals surface area contributed by atoms with E-state index in [-0.39, 0.29) is 16.9 Å². The molecule has 2 heterocycles. The van der Waals surface area contributed by atoms with E-state index in [1.807, 2.05) is 47.2 Å². The van der Waals surface area contributed by atoms with E-state index >= 15 is 0 Å². The second-order valence-electron chi connectivity index (χ2n) is 6.54. The monoisotopic (exact) mass is 430 g/mol. The van der Waals surface area contributed by atoms with Crippen molar-refractivity contribution in [3.8, 4) is 17.2 Å². The van der Waals surface area contributed by atoms with E-state index in [4.69, 9.17) is 21.1 Å². The third-order valence-electron chi connectivity index (χ3n) is 4.87.